The Kier molecular flexibility index (Phi) is 9.83. The Hall–Kier alpha value is -0.650. The summed E-state index contributed by atoms with van der Waals surface area (Å²) >= 11 is 0. The fraction of sp³-hybridized carbons (Fsp3) is 0.929. The molecule has 0 aliphatic heterocycles. The fourth-order valence-electron chi connectivity index (χ4n) is 1.33. The van der Waals surface area contributed by atoms with Gasteiger partial charge in [0.25, 0.3) is 0 Å². The lowest BCUT2D eigenvalue weighted by molar-refractivity contribution is -0.167. The van der Waals surface area contributed by atoms with Gasteiger partial charge < -0.3 is 19.5 Å². The zero-order chi connectivity index (χ0) is 14.7. The second-order valence-electron chi connectivity index (χ2n) is 4.91. The summed E-state index contributed by atoms with van der Waals surface area (Å²) in [6, 6.07) is 0. The predicted molar refractivity (Wildman–Crippen MR) is 74.9 cm³/mol. The first-order chi connectivity index (χ1) is 8.97. The Bertz CT molecular complexity index is 238. The molecule has 0 fully saturated rings. The Morgan fingerprint density at radius 1 is 1.16 bits per heavy atom. The zero-order valence-corrected chi connectivity index (χ0v) is 13.0. The summed E-state index contributed by atoms with van der Waals surface area (Å²) < 4.78 is 16.1. The van der Waals surface area contributed by atoms with Crippen molar-refractivity contribution in [3.63, 3.8) is 0 Å². The second-order valence-corrected chi connectivity index (χ2v) is 4.91. The minimum Gasteiger partial charge on any atom is -0.374 e. The average Bonchev–Trinajstić information content (AvgIpc) is 2.38. The number of carbonyl (C=O) groups excluding carboxylic acids is 1. The number of amides is 1. The highest BCUT2D eigenvalue weighted by atomic mass is 16.7. The van der Waals surface area contributed by atoms with Crippen molar-refractivity contribution >= 4 is 5.91 Å². The van der Waals surface area contributed by atoms with E-state index in [4.69, 9.17) is 14.2 Å². The van der Waals surface area contributed by atoms with Gasteiger partial charge in [-0.2, -0.15) is 0 Å². The molecular weight excluding hydrogens is 246 g/mol. The SMILES string of the molecule is CCOC(COCCNC(=O)C(C)(C)CC)OCC. The van der Waals surface area contributed by atoms with Crippen LogP contribution in [0.2, 0.25) is 0 Å². The quantitative estimate of drug-likeness (QED) is 0.462. The molecule has 0 atom stereocenters. The molecule has 0 saturated carbocycles. The van der Waals surface area contributed by atoms with Gasteiger partial charge in [-0.05, 0) is 20.3 Å². The van der Waals surface area contributed by atoms with Gasteiger partial charge in [-0.3, -0.25) is 4.79 Å². The molecule has 0 aromatic heterocycles. The number of carbonyl (C=O) groups is 1. The number of hydrogen-bond donors (Lipinski definition) is 1. The molecule has 5 nitrogen and oxygen atoms in total. The first-order valence-corrected chi connectivity index (χ1v) is 7.07. The first-order valence-electron chi connectivity index (χ1n) is 7.07. The van der Waals surface area contributed by atoms with E-state index in [-0.39, 0.29) is 17.6 Å². The predicted octanol–water partition coefficient (Wildman–Crippen LogP) is 1.95. The lowest BCUT2D eigenvalue weighted by Gasteiger charge is -2.21. The van der Waals surface area contributed by atoms with Gasteiger partial charge in [-0.25, -0.2) is 0 Å². The largest absolute Gasteiger partial charge is 0.374 e. The first kappa shape index (κ1) is 18.4. The lowest BCUT2D eigenvalue weighted by Crippen LogP contribution is -2.38. The minimum absolute atomic E-state index is 0.0600. The molecule has 0 spiro atoms. The second kappa shape index (κ2) is 10.2. The van der Waals surface area contributed by atoms with Crippen molar-refractivity contribution in [3.8, 4) is 0 Å². The average molecular weight is 275 g/mol. The third-order valence-electron chi connectivity index (χ3n) is 2.99. The Morgan fingerprint density at radius 2 is 1.74 bits per heavy atom. The molecule has 0 unspecified atom stereocenters. The summed E-state index contributed by atoms with van der Waals surface area (Å²) in [5, 5.41) is 2.87. The van der Waals surface area contributed by atoms with E-state index in [1.54, 1.807) is 0 Å². The van der Waals surface area contributed by atoms with Gasteiger partial charge in [0.1, 0.15) is 0 Å². The van der Waals surface area contributed by atoms with Crippen LogP contribution < -0.4 is 5.32 Å². The maximum Gasteiger partial charge on any atom is 0.225 e. The smallest absolute Gasteiger partial charge is 0.225 e. The normalized spacial score (nSPS) is 11.9. The van der Waals surface area contributed by atoms with Gasteiger partial charge >= 0.3 is 0 Å². The Labute approximate surface area is 117 Å². The highest BCUT2D eigenvalue weighted by Gasteiger charge is 2.24. The Morgan fingerprint density at radius 3 is 2.21 bits per heavy atom. The fourth-order valence-corrected chi connectivity index (χ4v) is 1.33. The van der Waals surface area contributed by atoms with E-state index in [1.807, 2.05) is 34.6 Å². The molecule has 19 heavy (non-hydrogen) atoms. The van der Waals surface area contributed by atoms with Crippen molar-refractivity contribution in [2.24, 2.45) is 5.41 Å². The third kappa shape index (κ3) is 8.18. The van der Waals surface area contributed by atoms with E-state index >= 15 is 0 Å². The molecule has 0 bridgehead atoms. The molecular formula is C14H29NO4. The van der Waals surface area contributed by atoms with E-state index in [0.717, 1.165) is 6.42 Å². The molecule has 0 rings (SSSR count). The van der Waals surface area contributed by atoms with E-state index in [9.17, 15) is 4.79 Å². The standard InChI is InChI=1S/C14H29NO4/c1-6-14(4,5)13(16)15-9-10-17-11-12(18-7-2)19-8-3/h12H,6-11H2,1-5H3,(H,15,16). The summed E-state index contributed by atoms with van der Waals surface area (Å²) in [5.41, 5.74) is -0.320. The molecule has 0 heterocycles. The molecule has 114 valence electrons. The van der Waals surface area contributed by atoms with Gasteiger partial charge in [0.05, 0.1) is 13.2 Å². The summed E-state index contributed by atoms with van der Waals surface area (Å²) in [5.74, 6) is 0.0600. The van der Waals surface area contributed by atoms with Crippen molar-refractivity contribution in [3.05, 3.63) is 0 Å². The summed E-state index contributed by atoms with van der Waals surface area (Å²) in [4.78, 5) is 11.8. The molecule has 0 radical (unpaired) electrons. The zero-order valence-electron chi connectivity index (χ0n) is 13.0. The maximum atomic E-state index is 11.8. The van der Waals surface area contributed by atoms with Crippen LogP contribution in [0.3, 0.4) is 0 Å². The topological polar surface area (TPSA) is 56.8 Å². The van der Waals surface area contributed by atoms with Crippen LogP contribution in [-0.4, -0.2) is 45.2 Å². The summed E-state index contributed by atoms with van der Waals surface area (Å²) in [6.07, 6.45) is 0.494. The van der Waals surface area contributed by atoms with Crippen LogP contribution in [0.1, 0.15) is 41.0 Å². The molecule has 0 saturated heterocycles. The molecule has 0 aliphatic rings. The highest BCUT2D eigenvalue weighted by Crippen LogP contribution is 2.18. The molecule has 5 heteroatoms. The van der Waals surface area contributed by atoms with Crippen LogP contribution >= 0.6 is 0 Å². The number of ether oxygens (including phenoxy) is 3. The van der Waals surface area contributed by atoms with Gasteiger partial charge in [-0.1, -0.05) is 20.8 Å². The monoisotopic (exact) mass is 275 g/mol. The maximum absolute atomic E-state index is 11.8. The van der Waals surface area contributed by atoms with Crippen molar-refractivity contribution < 1.29 is 19.0 Å². The van der Waals surface area contributed by atoms with Gasteiger partial charge in [0.2, 0.25) is 5.91 Å². The third-order valence-corrected chi connectivity index (χ3v) is 2.99. The number of rotatable bonds is 11. The Balaban J connectivity index is 3.71. The van der Waals surface area contributed by atoms with E-state index < -0.39 is 0 Å². The van der Waals surface area contributed by atoms with Crippen molar-refractivity contribution in [1.29, 1.82) is 0 Å². The minimum atomic E-state index is -0.321. The van der Waals surface area contributed by atoms with Gasteiger partial charge in [-0.15, -0.1) is 0 Å². The number of hydrogen-bond acceptors (Lipinski definition) is 4. The summed E-state index contributed by atoms with van der Waals surface area (Å²) in [7, 11) is 0. The van der Waals surface area contributed by atoms with Crippen LogP contribution in [0.15, 0.2) is 0 Å². The molecule has 1 N–H and O–H groups in total. The summed E-state index contributed by atoms with van der Waals surface area (Å²) in [6.45, 7) is 12.2. The van der Waals surface area contributed by atoms with Crippen molar-refractivity contribution in [1.82, 2.24) is 5.32 Å². The van der Waals surface area contributed by atoms with E-state index in [2.05, 4.69) is 5.32 Å². The molecule has 0 aromatic rings. The van der Waals surface area contributed by atoms with Gasteiger partial charge in [0.15, 0.2) is 6.29 Å². The van der Waals surface area contributed by atoms with Crippen molar-refractivity contribution in [2.75, 3.05) is 33.0 Å². The van der Waals surface area contributed by atoms with Crippen LogP contribution in [0.5, 0.6) is 0 Å². The molecule has 0 aliphatic carbocycles. The molecule has 1 amide bonds. The van der Waals surface area contributed by atoms with Crippen molar-refractivity contribution in [2.45, 2.75) is 47.3 Å². The van der Waals surface area contributed by atoms with Crippen LogP contribution in [-0.2, 0) is 19.0 Å². The highest BCUT2D eigenvalue weighted by molar-refractivity contribution is 5.81. The van der Waals surface area contributed by atoms with Crippen LogP contribution in [0.25, 0.3) is 0 Å². The van der Waals surface area contributed by atoms with Gasteiger partial charge in [0, 0.05) is 25.2 Å². The van der Waals surface area contributed by atoms with E-state index in [1.165, 1.54) is 0 Å². The number of nitrogens with one attached hydrogen (secondary N) is 1. The molecule has 0 aromatic carbocycles. The lowest BCUT2D eigenvalue weighted by atomic mass is 9.89. The van der Waals surface area contributed by atoms with Crippen LogP contribution in [0.4, 0.5) is 0 Å². The van der Waals surface area contributed by atoms with E-state index in [0.29, 0.717) is 33.0 Å². The van der Waals surface area contributed by atoms with Crippen LogP contribution in [0, 0.1) is 5.41 Å².